The van der Waals surface area contributed by atoms with Crippen LogP contribution < -0.4 is 5.32 Å². The summed E-state index contributed by atoms with van der Waals surface area (Å²) in [5.74, 6) is -0.710. The van der Waals surface area contributed by atoms with Crippen LogP contribution in [0.2, 0.25) is 0 Å². The van der Waals surface area contributed by atoms with Gasteiger partial charge in [-0.15, -0.1) is 0 Å². The number of hydrogen-bond acceptors (Lipinski definition) is 3. The maximum atomic E-state index is 13.4. The molecule has 0 aliphatic carbocycles. The van der Waals surface area contributed by atoms with Gasteiger partial charge in [-0.3, -0.25) is 4.79 Å². The Bertz CT molecular complexity index is 1320. The van der Waals surface area contributed by atoms with Gasteiger partial charge < -0.3 is 20.4 Å². The van der Waals surface area contributed by atoms with Crippen molar-refractivity contribution in [3.8, 4) is 11.1 Å². The van der Waals surface area contributed by atoms with Gasteiger partial charge in [0.1, 0.15) is 5.82 Å². The zero-order chi connectivity index (χ0) is 30.9. The molecule has 3 aromatic carbocycles. The summed E-state index contributed by atoms with van der Waals surface area (Å²) < 4.78 is 53.5. The zero-order valence-corrected chi connectivity index (χ0v) is 23.6. The van der Waals surface area contributed by atoms with Gasteiger partial charge in [-0.25, -0.2) is 9.18 Å². The van der Waals surface area contributed by atoms with Crippen LogP contribution in [0, 0.1) is 5.82 Å². The second kappa shape index (κ2) is 14.3. The predicted octanol–water partition coefficient (Wildman–Crippen LogP) is 7.69. The molecule has 0 atom stereocenters. The first kappa shape index (κ1) is 32.6. The number of benzene rings is 3. The number of amides is 1. The lowest BCUT2D eigenvalue weighted by atomic mass is 9.80. The van der Waals surface area contributed by atoms with E-state index >= 15 is 0 Å². The number of rotatable bonds is 8. The van der Waals surface area contributed by atoms with Gasteiger partial charge in [0.05, 0.1) is 5.56 Å². The van der Waals surface area contributed by atoms with Crippen molar-refractivity contribution in [1.29, 1.82) is 0 Å². The summed E-state index contributed by atoms with van der Waals surface area (Å²) in [6.45, 7) is 6.89. The molecule has 3 N–H and O–H groups in total. The monoisotopic (exact) mass is 588 g/mol. The van der Waals surface area contributed by atoms with Crippen molar-refractivity contribution < 1.29 is 37.4 Å². The fourth-order valence-corrected chi connectivity index (χ4v) is 5.13. The number of hydrogen-bond donors (Lipinski definition) is 3. The van der Waals surface area contributed by atoms with Crippen molar-refractivity contribution in [3.63, 3.8) is 0 Å². The van der Waals surface area contributed by atoms with Crippen molar-refractivity contribution >= 4 is 12.1 Å². The molecule has 1 heterocycles. The number of carbonyl (C=O) groups is 2. The summed E-state index contributed by atoms with van der Waals surface area (Å²) in [7, 11) is 0. The standard InChI is InChI=1S/C31H34F4N2O.CH2O3/c1-30(2,23-9-12-25(32)13-10-23)17-6-18-37-19-15-26(16-20-37)36-29(38)28-21-24(31(33,34)35)11-14-27(28)22-7-4-3-5-8-22;2-1(3)4/h3-5,7-14,21,26H,6,15-20H2,1-2H3,(H,36,38);(H2,2,3,4). The third kappa shape index (κ3) is 9.58. The van der Waals surface area contributed by atoms with E-state index in [2.05, 4.69) is 24.1 Å². The molecule has 10 heteroatoms. The fourth-order valence-electron chi connectivity index (χ4n) is 5.13. The molecule has 1 fully saturated rings. The number of piperidine rings is 1. The minimum absolute atomic E-state index is 0.0384. The maximum absolute atomic E-state index is 13.4. The predicted molar refractivity (Wildman–Crippen MR) is 153 cm³/mol. The molecular weight excluding hydrogens is 552 g/mol. The third-order valence-corrected chi connectivity index (χ3v) is 7.50. The van der Waals surface area contributed by atoms with Gasteiger partial charge in [0.25, 0.3) is 5.91 Å². The Morgan fingerprint density at radius 3 is 2.05 bits per heavy atom. The van der Waals surface area contributed by atoms with E-state index in [0.29, 0.717) is 11.1 Å². The second-order valence-electron chi connectivity index (χ2n) is 11.0. The SMILES string of the molecule is CC(C)(CCCN1CCC(NC(=O)c2cc(C(F)(F)F)ccc2-c2ccccc2)CC1)c1ccc(F)cc1.O=C(O)O. The quantitative estimate of drug-likeness (QED) is 0.235. The van der Waals surface area contributed by atoms with E-state index in [9.17, 15) is 22.4 Å². The van der Waals surface area contributed by atoms with Crippen LogP contribution in [0.15, 0.2) is 72.8 Å². The van der Waals surface area contributed by atoms with E-state index in [0.717, 1.165) is 63.0 Å². The average molecular weight is 589 g/mol. The van der Waals surface area contributed by atoms with E-state index in [1.54, 1.807) is 24.3 Å². The molecule has 0 aromatic heterocycles. The van der Waals surface area contributed by atoms with Crippen molar-refractivity contribution in [3.05, 3.63) is 95.3 Å². The highest BCUT2D eigenvalue weighted by Crippen LogP contribution is 2.34. The lowest BCUT2D eigenvalue weighted by Crippen LogP contribution is -2.45. The molecule has 1 saturated heterocycles. The molecule has 1 amide bonds. The average Bonchev–Trinajstić information content (AvgIpc) is 2.93. The number of alkyl halides is 3. The van der Waals surface area contributed by atoms with E-state index in [-0.39, 0.29) is 22.8 Å². The summed E-state index contributed by atoms with van der Waals surface area (Å²) in [6, 6.07) is 18.9. The summed E-state index contributed by atoms with van der Waals surface area (Å²) in [4.78, 5) is 24.1. The minimum Gasteiger partial charge on any atom is -0.450 e. The van der Waals surface area contributed by atoms with Crippen molar-refractivity contribution in [1.82, 2.24) is 10.2 Å². The molecule has 6 nitrogen and oxygen atoms in total. The third-order valence-electron chi connectivity index (χ3n) is 7.50. The summed E-state index contributed by atoms with van der Waals surface area (Å²) in [5.41, 5.74) is 1.45. The second-order valence-corrected chi connectivity index (χ2v) is 11.0. The molecule has 1 aliphatic rings. The van der Waals surface area contributed by atoms with Gasteiger partial charge in [0.15, 0.2) is 0 Å². The van der Waals surface area contributed by atoms with Crippen LogP contribution in [0.5, 0.6) is 0 Å². The first-order chi connectivity index (χ1) is 19.8. The van der Waals surface area contributed by atoms with Crippen LogP contribution in [-0.2, 0) is 11.6 Å². The highest BCUT2D eigenvalue weighted by molar-refractivity contribution is 6.01. The highest BCUT2D eigenvalue weighted by atomic mass is 19.4. The first-order valence-corrected chi connectivity index (χ1v) is 13.7. The number of carboxylic acid groups (broad SMARTS) is 2. The lowest BCUT2D eigenvalue weighted by molar-refractivity contribution is -0.137. The minimum atomic E-state index is -4.53. The van der Waals surface area contributed by atoms with Crippen LogP contribution in [0.25, 0.3) is 11.1 Å². The molecule has 0 unspecified atom stereocenters. The Balaban J connectivity index is 0.00000114. The molecule has 226 valence electrons. The first-order valence-electron chi connectivity index (χ1n) is 13.7. The van der Waals surface area contributed by atoms with E-state index in [4.69, 9.17) is 15.0 Å². The zero-order valence-electron chi connectivity index (χ0n) is 23.6. The number of nitrogens with zero attached hydrogens (tertiary/aromatic N) is 1. The number of carbonyl (C=O) groups excluding carboxylic acids is 1. The van der Waals surface area contributed by atoms with Gasteiger partial charge in [0, 0.05) is 24.7 Å². The van der Waals surface area contributed by atoms with Gasteiger partial charge in [-0.05, 0) is 78.6 Å². The van der Waals surface area contributed by atoms with Crippen molar-refractivity contribution in [2.24, 2.45) is 0 Å². The van der Waals surface area contributed by atoms with Crippen LogP contribution in [-0.4, -0.2) is 52.9 Å². The fraction of sp³-hybridized carbons (Fsp3) is 0.375. The lowest BCUT2D eigenvalue weighted by Gasteiger charge is -2.33. The van der Waals surface area contributed by atoms with Crippen molar-refractivity contribution in [2.45, 2.75) is 57.2 Å². The van der Waals surface area contributed by atoms with Gasteiger partial charge >= 0.3 is 12.3 Å². The molecular formula is C32H36F4N2O4. The summed E-state index contributed by atoms with van der Waals surface area (Å²) in [5, 5.41) is 16.9. The Hall–Kier alpha value is -3.92. The van der Waals surface area contributed by atoms with Crippen molar-refractivity contribution in [2.75, 3.05) is 19.6 Å². The molecule has 0 spiro atoms. The highest BCUT2D eigenvalue weighted by Gasteiger charge is 2.32. The van der Waals surface area contributed by atoms with E-state index < -0.39 is 23.8 Å². The molecule has 0 bridgehead atoms. The summed E-state index contributed by atoms with van der Waals surface area (Å²) in [6.07, 6.45) is -2.92. The number of nitrogens with one attached hydrogen (secondary N) is 1. The molecule has 42 heavy (non-hydrogen) atoms. The molecule has 1 aliphatic heterocycles. The van der Waals surface area contributed by atoms with E-state index in [1.165, 1.54) is 18.2 Å². The Kier molecular flexibility index (Phi) is 11.1. The Morgan fingerprint density at radius 2 is 1.48 bits per heavy atom. The molecule has 4 rings (SSSR count). The largest absolute Gasteiger partial charge is 0.503 e. The molecule has 0 radical (unpaired) electrons. The normalized spacial score (nSPS) is 14.5. The maximum Gasteiger partial charge on any atom is 0.503 e. The van der Waals surface area contributed by atoms with Crippen LogP contribution in [0.4, 0.5) is 22.4 Å². The van der Waals surface area contributed by atoms with Gasteiger partial charge in [-0.2, -0.15) is 13.2 Å². The molecule has 0 saturated carbocycles. The summed E-state index contributed by atoms with van der Waals surface area (Å²) >= 11 is 0. The van der Waals surface area contributed by atoms with Crippen LogP contribution in [0.3, 0.4) is 0 Å². The smallest absolute Gasteiger partial charge is 0.450 e. The van der Waals surface area contributed by atoms with Gasteiger partial charge in [0.2, 0.25) is 0 Å². The van der Waals surface area contributed by atoms with Gasteiger partial charge in [-0.1, -0.05) is 62.4 Å². The molecule has 3 aromatic rings. The number of halogens is 4. The van der Waals surface area contributed by atoms with Crippen LogP contribution >= 0.6 is 0 Å². The Morgan fingerprint density at radius 1 is 0.905 bits per heavy atom. The topological polar surface area (TPSA) is 89.9 Å². The number of likely N-dealkylation sites (tertiary alicyclic amines) is 1. The van der Waals surface area contributed by atoms with Crippen LogP contribution in [0.1, 0.15) is 61.0 Å². The van der Waals surface area contributed by atoms with E-state index in [1.807, 2.05) is 18.2 Å². The Labute approximate surface area is 243 Å².